The molecule has 0 spiro atoms. The minimum Gasteiger partial charge on any atom is -0.279 e. The largest absolute Gasteiger partial charge is 0.279 e. The number of nitrogens with zero attached hydrogens (tertiary/aromatic N) is 4. The SMILES string of the molecule is Bc1c(B)c(B)c(-c2nc(-c3c(B)c(B)c(B)c(B)c3B)nc(-n3c4c(B)c(B)c(B)c(B)c4c4c(B)c5c(c(B)c43)-c3c(B)c(B)c(B)c(B)c3C5(C)C)n2)c(B)c1B. The maximum Gasteiger partial charge on any atom is 0.238 e. The quantitative estimate of drug-likeness (QED) is 0.169. The van der Waals surface area contributed by atoms with Gasteiger partial charge in [-0.25, -0.2) is 4.98 Å². The van der Waals surface area contributed by atoms with Gasteiger partial charge in [0.25, 0.3) is 0 Å². The molecule has 1 aliphatic carbocycles. The van der Waals surface area contributed by atoms with Crippen LogP contribution in [0.1, 0.15) is 25.0 Å². The van der Waals surface area contributed by atoms with Crippen molar-refractivity contribution in [2.75, 3.05) is 0 Å². The molecule has 0 fully saturated rings. The van der Waals surface area contributed by atoms with E-state index in [9.17, 15) is 0 Å². The summed E-state index contributed by atoms with van der Waals surface area (Å²) in [5.41, 5.74) is 36.4. The highest BCUT2D eigenvalue weighted by atomic mass is 15.2. The van der Waals surface area contributed by atoms with Gasteiger partial charge in [0.2, 0.25) is 5.95 Å². The Kier molecular flexibility index (Phi) is 10.1. The second kappa shape index (κ2) is 14.1. The van der Waals surface area contributed by atoms with E-state index in [1.54, 1.807) is 0 Å². The summed E-state index contributed by atoms with van der Waals surface area (Å²) in [4.78, 5) is 16.9. The summed E-state index contributed by atoms with van der Waals surface area (Å²) in [5.74, 6) is 2.15. The Morgan fingerprint density at radius 2 is 0.600 bits per heavy atom. The Morgan fingerprint density at radius 1 is 0.300 bits per heavy atom. The second-order valence-electron chi connectivity index (χ2n) is 19.4. The maximum absolute atomic E-state index is 5.69. The molecule has 24 heteroatoms. The third-order valence-corrected chi connectivity index (χ3v) is 16.8. The van der Waals surface area contributed by atoms with E-state index in [-0.39, 0.29) is 5.41 Å². The number of rotatable bonds is 3. The van der Waals surface area contributed by atoms with Crippen LogP contribution in [-0.2, 0) is 5.41 Å². The van der Waals surface area contributed by atoms with Gasteiger partial charge in [-0.15, -0.1) is 49.2 Å². The molecule has 0 N–H and O–H groups in total. The summed E-state index contributed by atoms with van der Waals surface area (Å²) in [6.45, 7) is 4.92. The predicted molar refractivity (Wildman–Crippen MR) is 326 cm³/mol. The van der Waals surface area contributed by atoms with Crippen LogP contribution in [0.15, 0.2) is 0 Å². The Balaban J connectivity index is 1.66. The van der Waals surface area contributed by atoms with Crippen molar-refractivity contribution in [1.82, 2.24) is 19.5 Å². The Labute approximate surface area is 375 Å². The third kappa shape index (κ3) is 5.42. The van der Waals surface area contributed by atoms with Gasteiger partial charge in [-0.3, -0.25) is 4.57 Å². The van der Waals surface area contributed by atoms with Crippen molar-refractivity contribution in [1.29, 1.82) is 0 Å². The van der Waals surface area contributed by atoms with Crippen LogP contribution in [0, 0.1) is 0 Å². The van der Waals surface area contributed by atoms with Gasteiger partial charge in [-0.05, 0) is 27.6 Å². The van der Waals surface area contributed by atoms with Crippen molar-refractivity contribution in [3.63, 3.8) is 0 Å². The molecule has 0 bridgehead atoms. The summed E-state index contributed by atoms with van der Waals surface area (Å²) in [5, 5.41) is 2.63. The highest BCUT2D eigenvalue weighted by Gasteiger charge is 2.42. The number of hydrogen-bond donors (Lipinski definition) is 0. The summed E-state index contributed by atoms with van der Waals surface area (Å²) < 4.78 is 2.46. The molecule has 1 aliphatic rings. The molecule has 60 heavy (non-hydrogen) atoms. The monoisotopic (exact) mass is 755 g/mol. The number of fused-ring (bicyclic) bond motifs is 6. The van der Waals surface area contributed by atoms with E-state index in [2.05, 4.69) is 175 Å². The minimum absolute atomic E-state index is 0.169. The fourth-order valence-corrected chi connectivity index (χ4v) is 11.7. The smallest absolute Gasteiger partial charge is 0.238 e. The van der Waals surface area contributed by atoms with Crippen molar-refractivity contribution < 1.29 is 0 Å². The molecule has 0 aliphatic heterocycles. The van der Waals surface area contributed by atoms with Crippen LogP contribution < -0.4 is 109 Å². The first kappa shape index (κ1) is 42.9. The summed E-state index contributed by atoms with van der Waals surface area (Å²) >= 11 is 0. The summed E-state index contributed by atoms with van der Waals surface area (Å²) in [6.07, 6.45) is 0. The summed E-state index contributed by atoms with van der Waals surface area (Å²) in [6, 6.07) is 0. The molecule has 0 amide bonds. The van der Waals surface area contributed by atoms with Crippen molar-refractivity contribution in [3.05, 3.63) is 11.1 Å². The minimum atomic E-state index is -0.169. The highest BCUT2D eigenvalue weighted by molar-refractivity contribution is 6.72. The molecule has 7 aromatic rings. The van der Waals surface area contributed by atoms with Gasteiger partial charge < -0.3 is 0 Å². The normalized spacial score (nSPS) is 13.0. The van der Waals surface area contributed by atoms with Crippen molar-refractivity contribution in [2.24, 2.45) is 0 Å². The third-order valence-electron chi connectivity index (χ3n) is 16.8. The van der Waals surface area contributed by atoms with Gasteiger partial charge in [0.15, 0.2) is 11.6 Å². The first-order valence-electron chi connectivity index (χ1n) is 22.0. The second-order valence-corrected chi connectivity index (χ2v) is 19.4. The van der Waals surface area contributed by atoms with Gasteiger partial charge in [-0.2, -0.15) is 9.97 Å². The molecule has 0 saturated carbocycles. The fraction of sp³-hybridized carbons (Fsp3) is 0.0833. The average molecular weight is 751 g/mol. The number of hydrogen-bond acceptors (Lipinski definition) is 3. The molecule has 0 radical (unpaired) electrons. The molecule has 4 nitrogen and oxygen atoms in total. The number of aromatic nitrogens is 4. The van der Waals surface area contributed by atoms with Crippen LogP contribution in [0.25, 0.3) is 61.7 Å². The van der Waals surface area contributed by atoms with Gasteiger partial charge in [0.05, 0.1) is 5.52 Å². The molecular weight excluding hydrogens is 705 g/mol. The standard InChI is InChI=1S/C36H46B20N4/c1-36(2)9-4(3-10(36)19(45)26(52)20(46)12(3)38)18(44)31-5(11(9)37)6-13(39)21(47)29(55)30(56)32(6)60(31)35-58-33(7-14(40)22(48)27(53)23(49)15(7)41)57-34(59-35)8-16(42)24(50)28(54)25(51)17(8)43/h37-56H2,1-2H3. The molecule has 0 atom stereocenters. The lowest BCUT2D eigenvalue weighted by Gasteiger charge is -2.28. The topological polar surface area (TPSA) is 43.6 Å². The van der Waals surface area contributed by atoms with Crippen LogP contribution in [0.5, 0.6) is 0 Å². The zero-order valence-electron chi connectivity index (χ0n) is 40.8. The Morgan fingerprint density at radius 3 is 1.05 bits per heavy atom. The molecule has 5 aromatic carbocycles. The predicted octanol–water partition coefficient (Wildman–Crippen LogP) is -26.2. The van der Waals surface area contributed by atoms with Crippen LogP contribution in [0.2, 0.25) is 0 Å². The van der Waals surface area contributed by atoms with Gasteiger partial charge in [0, 0.05) is 27.4 Å². The van der Waals surface area contributed by atoms with E-state index in [0.29, 0.717) is 5.95 Å². The first-order chi connectivity index (χ1) is 27.9. The lowest BCUT2D eigenvalue weighted by molar-refractivity contribution is 0.670. The van der Waals surface area contributed by atoms with E-state index in [0.717, 1.165) is 22.8 Å². The van der Waals surface area contributed by atoms with Crippen LogP contribution in [-0.4, -0.2) is 176 Å². The molecule has 2 aromatic heterocycles. The van der Waals surface area contributed by atoms with Crippen molar-refractivity contribution in [2.45, 2.75) is 19.3 Å². The van der Waals surface area contributed by atoms with E-state index in [4.69, 9.17) is 15.0 Å². The van der Waals surface area contributed by atoms with E-state index < -0.39 is 0 Å². The lowest BCUT2D eigenvalue weighted by Crippen LogP contribution is -2.55. The molecule has 0 saturated heterocycles. The average Bonchev–Trinajstić information content (AvgIpc) is 3.70. The van der Waals surface area contributed by atoms with Crippen molar-refractivity contribution in [3.8, 4) is 39.9 Å². The highest BCUT2D eigenvalue weighted by Crippen LogP contribution is 2.46. The zero-order valence-corrected chi connectivity index (χ0v) is 40.8. The van der Waals surface area contributed by atoms with Crippen LogP contribution in [0.3, 0.4) is 0 Å². The van der Waals surface area contributed by atoms with Crippen LogP contribution >= 0.6 is 0 Å². The van der Waals surface area contributed by atoms with E-state index >= 15 is 0 Å². The maximum atomic E-state index is 5.69. The fourth-order valence-electron chi connectivity index (χ4n) is 11.7. The zero-order chi connectivity index (χ0) is 44.3. The number of benzene rings is 5. The molecule has 270 valence electrons. The first-order valence-corrected chi connectivity index (χ1v) is 22.0. The van der Waals surface area contributed by atoms with Crippen molar-refractivity contribution >= 4 is 288 Å². The van der Waals surface area contributed by atoms with E-state index in [1.165, 1.54) is 153 Å². The molecule has 8 rings (SSSR count). The molecule has 2 heterocycles. The van der Waals surface area contributed by atoms with Gasteiger partial charge in [0.1, 0.15) is 157 Å². The molecular formula is C36H46B20N4. The van der Waals surface area contributed by atoms with Gasteiger partial charge >= 0.3 is 0 Å². The Bertz CT molecular complexity index is 3050. The van der Waals surface area contributed by atoms with Crippen LogP contribution in [0.4, 0.5) is 0 Å². The Hall–Kier alpha value is -3.79. The van der Waals surface area contributed by atoms with Gasteiger partial charge in [-0.1, -0.05) is 73.9 Å². The molecule has 0 unspecified atom stereocenters. The van der Waals surface area contributed by atoms with E-state index in [1.807, 2.05) is 0 Å². The summed E-state index contributed by atoms with van der Waals surface area (Å²) in [7, 11) is 45.7. The lowest BCUT2D eigenvalue weighted by atomic mass is 9.60.